The highest BCUT2D eigenvalue weighted by Crippen LogP contribution is 2.15. The Bertz CT molecular complexity index is 365. The Morgan fingerprint density at radius 2 is 2.25 bits per heavy atom. The molecule has 0 unspecified atom stereocenters. The fourth-order valence-corrected chi connectivity index (χ4v) is 1.08. The third-order valence-electron chi connectivity index (χ3n) is 1.48. The molecule has 0 aromatic heterocycles. The van der Waals surface area contributed by atoms with Crippen molar-refractivity contribution in [2.45, 2.75) is 6.92 Å². The van der Waals surface area contributed by atoms with Crippen LogP contribution >= 0.6 is 11.6 Å². The molecule has 0 amide bonds. The van der Waals surface area contributed by atoms with E-state index >= 15 is 0 Å². The van der Waals surface area contributed by atoms with Crippen LogP contribution < -0.4 is 0 Å². The first-order valence-electron chi connectivity index (χ1n) is 3.35. The largest absolute Gasteiger partial charge is 0.294 e. The molecule has 0 heterocycles. The lowest BCUT2D eigenvalue weighted by molar-refractivity contribution is 0.101. The SMILES string of the molecule is CC(=O)c1cc(Cl)ccc1C#N. The fraction of sp³-hybridized carbons (Fsp3) is 0.111. The van der Waals surface area contributed by atoms with Crippen molar-refractivity contribution in [3.8, 4) is 6.07 Å². The van der Waals surface area contributed by atoms with Crippen molar-refractivity contribution in [1.82, 2.24) is 0 Å². The van der Waals surface area contributed by atoms with Crippen LogP contribution in [0.2, 0.25) is 5.02 Å². The molecule has 1 aromatic carbocycles. The molecule has 1 rings (SSSR count). The summed E-state index contributed by atoms with van der Waals surface area (Å²) in [5.74, 6) is -0.144. The minimum atomic E-state index is -0.144. The molecule has 60 valence electrons. The van der Waals surface area contributed by atoms with E-state index in [9.17, 15) is 4.79 Å². The van der Waals surface area contributed by atoms with E-state index in [1.54, 1.807) is 12.1 Å². The molecule has 0 spiro atoms. The number of carbonyl (C=O) groups excluding carboxylic acids is 1. The summed E-state index contributed by atoms with van der Waals surface area (Å²) < 4.78 is 0. The number of benzene rings is 1. The number of nitriles is 1. The van der Waals surface area contributed by atoms with Crippen LogP contribution in [0.5, 0.6) is 0 Å². The first kappa shape index (κ1) is 8.76. The van der Waals surface area contributed by atoms with Crippen molar-refractivity contribution in [1.29, 1.82) is 5.26 Å². The smallest absolute Gasteiger partial charge is 0.161 e. The van der Waals surface area contributed by atoms with E-state index in [0.29, 0.717) is 16.1 Å². The molecule has 1 aromatic rings. The van der Waals surface area contributed by atoms with E-state index in [-0.39, 0.29) is 5.78 Å². The van der Waals surface area contributed by atoms with Gasteiger partial charge in [-0.2, -0.15) is 5.26 Å². The van der Waals surface area contributed by atoms with E-state index in [1.807, 2.05) is 6.07 Å². The average Bonchev–Trinajstić information content (AvgIpc) is 2.04. The van der Waals surface area contributed by atoms with Crippen LogP contribution in [-0.2, 0) is 0 Å². The molecule has 0 bridgehead atoms. The normalized spacial score (nSPS) is 9.08. The van der Waals surface area contributed by atoms with Gasteiger partial charge in [0, 0.05) is 10.6 Å². The molecule has 0 fully saturated rings. The van der Waals surface area contributed by atoms with Gasteiger partial charge in [-0.1, -0.05) is 11.6 Å². The van der Waals surface area contributed by atoms with Crippen LogP contribution in [0, 0.1) is 11.3 Å². The van der Waals surface area contributed by atoms with Gasteiger partial charge in [0.25, 0.3) is 0 Å². The molecule has 0 N–H and O–H groups in total. The zero-order valence-electron chi connectivity index (χ0n) is 6.47. The summed E-state index contributed by atoms with van der Waals surface area (Å²) in [4.78, 5) is 11.0. The van der Waals surface area contributed by atoms with Crippen LogP contribution in [0.1, 0.15) is 22.8 Å². The van der Waals surface area contributed by atoms with Gasteiger partial charge in [-0.15, -0.1) is 0 Å². The number of ketones is 1. The zero-order valence-corrected chi connectivity index (χ0v) is 7.22. The Morgan fingerprint density at radius 1 is 1.58 bits per heavy atom. The van der Waals surface area contributed by atoms with Crippen LogP contribution in [0.15, 0.2) is 18.2 Å². The molecule has 0 saturated carbocycles. The zero-order chi connectivity index (χ0) is 9.14. The van der Waals surface area contributed by atoms with Crippen molar-refractivity contribution in [2.24, 2.45) is 0 Å². The number of hydrogen-bond acceptors (Lipinski definition) is 2. The third-order valence-corrected chi connectivity index (χ3v) is 1.72. The van der Waals surface area contributed by atoms with Gasteiger partial charge in [-0.3, -0.25) is 4.79 Å². The predicted octanol–water partition coefficient (Wildman–Crippen LogP) is 2.41. The van der Waals surface area contributed by atoms with Crippen LogP contribution in [0.3, 0.4) is 0 Å². The summed E-state index contributed by atoms with van der Waals surface area (Å²) in [6.45, 7) is 1.41. The first-order valence-corrected chi connectivity index (χ1v) is 3.73. The molecular formula is C9H6ClNO. The van der Waals surface area contributed by atoms with Gasteiger partial charge in [-0.25, -0.2) is 0 Å². The average molecular weight is 180 g/mol. The number of nitrogens with zero attached hydrogens (tertiary/aromatic N) is 1. The van der Waals surface area contributed by atoms with Crippen molar-refractivity contribution >= 4 is 17.4 Å². The van der Waals surface area contributed by atoms with Crippen LogP contribution in [-0.4, -0.2) is 5.78 Å². The van der Waals surface area contributed by atoms with E-state index in [4.69, 9.17) is 16.9 Å². The second-order valence-electron chi connectivity index (χ2n) is 2.36. The van der Waals surface area contributed by atoms with Crippen molar-refractivity contribution in [3.63, 3.8) is 0 Å². The van der Waals surface area contributed by atoms with Gasteiger partial charge >= 0.3 is 0 Å². The highest BCUT2D eigenvalue weighted by atomic mass is 35.5. The van der Waals surface area contributed by atoms with Gasteiger partial charge in [0.1, 0.15) is 0 Å². The van der Waals surface area contributed by atoms with E-state index in [1.165, 1.54) is 13.0 Å². The number of carbonyl (C=O) groups is 1. The molecule has 0 aliphatic carbocycles. The standard InChI is InChI=1S/C9H6ClNO/c1-6(12)9-4-8(10)3-2-7(9)5-11/h2-4H,1H3. The molecule has 0 radical (unpaired) electrons. The van der Waals surface area contributed by atoms with E-state index in [0.717, 1.165) is 0 Å². The molecule has 12 heavy (non-hydrogen) atoms. The third kappa shape index (κ3) is 1.63. The van der Waals surface area contributed by atoms with Crippen molar-refractivity contribution in [2.75, 3.05) is 0 Å². The van der Waals surface area contributed by atoms with Gasteiger partial charge in [0.15, 0.2) is 5.78 Å². The summed E-state index contributed by atoms with van der Waals surface area (Å²) in [6.07, 6.45) is 0. The summed E-state index contributed by atoms with van der Waals surface area (Å²) in [6, 6.07) is 6.56. The quantitative estimate of drug-likeness (QED) is 0.622. The monoisotopic (exact) mass is 179 g/mol. The summed E-state index contributed by atoms with van der Waals surface area (Å²) in [7, 11) is 0. The summed E-state index contributed by atoms with van der Waals surface area (Å²) in [5.41, 5.74) is 0.747. The van der Waals surface area contributed by atoms with E-state index in [2.05, 4.69) is 0 Å². The molecular weight excluding hydrogens is 174 g/mol. The molecule has 0 saturated heterocycles. The maximum atomic E-state index is 11.0. The number of Topliss-reactive ketones (excluding diaryl/α,β-unsaturated/α-hetero) is 1. The highest BCUT2D eigenvalue weighted by molar-refractivity contribution is 6.31. The lowest BCUT2D eigenvalue weighted by Crippen LogP contribution is -1.95. The maximum Gasteiger partial charge on any atom is 0.161 e. The Kier molecular flexibility index (Phi) is 2.47. The first-order chi connectivity index (χ1) is 5.65. The Hall–Kier alpha value is -1.33. The fourth-order valence-electron chi connectivity index (χ4n) is 0.905. The number of hydrogen-bond donors (Lipinski definition) is 0. The molecule has 3 heteroatoms. The Balaban J connectivity index is 3.34. The lowest BCUT2D eigenvalue weighted by Gasteiger charge is -1.98. The van der Waals surface area contributed by atoms with Crippen molar-refractivity contribution < 1.29 is 4.79 Å². The molecule has 0 atom stereocenters. The van der Waals surface area contributed by atoms with Crippen LogP contribution in [0.25, 0.3) is 0 Å². The van der Waals surface area contributed by atoms with Crippen molar-refractivity contribution in [3.05, 3.63) is 34.3 Å². The van der Waals surface area contributed by atoms with Crippen LogP contribution in [0.4, 0.5) is 0 Å². The highest BCUT2D eigenvalue weighted by Gasteiger charge is 2.06. The topological polar surface area (TPSA) is 40.9 Å². The van der Waals surface area contributed by atoms with Gasteiger partial charge in [0.2, 0.25) is 0 Å². The van der Waals surface area contributed by atoms with Gasteiger partial charge in [-0.05, 0) is 25.1 Å². The minimum absolute atomic E-state index is 0.144. The maximum absolute atomic E-state index is 11.0. The van der Waals surface area contributed by atoms with Gasteiger partial charge < -0.3 is 0 Å². The minimum Gasteiger partial charge on any atom is -0.294 e. The number of halogens is 1. The summed E-state index contributed by atoms with van der Waals surface area (Å²) >= 11 is 5.66. The Morgan fingerprint density at radius 3 is 2.75 bits per heavy atom. The molecule has 0 aliphatic heterocycles. The van der Waals surface area contributed by atoms with Gasteiger partial charge in [0.05, 0.1) is 11.6 Å². The Labute approximate surface area is 75.4 Å². The second-order valence-corrected chi connectivity index (χ2v) is 2.79. The number of rotatable bonds is 1. The molecule has 0 aliphatic rings. The van der Waals surface area contributed by atoms with E-state index < -0.39 is 0 Å². The molecule has 2 nitrogen and oxygen atoms in total. The lowest BCUT2D eigenvalue weighted by atomic mass is 10.1. The predicted molar refractivity (Wildman–Crippen MR) is 46.2 cm³/mol. The second kappa shape index (κ2) is 3.38. The summed E-state index contributed by atoms with van der Waals surface area (Å²) in [5, 5.41) is 9.08.